The summed E-state index contributed by atoms with van der Waals surface area (Å²) in [5.41, 5.74) is 1.92. The van der Waals surface area contributed by atoms with Crippen molar-refractivity contribution in [3.63, 3.8) is 0 Å². The van der Waals surface area contributed by atoms with Crippen LogP contribution in [-0.4, -0.2) is 50.5 Å². The minimum atomic E-state index is -3.90. The second-order valence-corrected chi connectivity index (χ2v) is 11.6. The molecule has 0 spiro atoms. The standard InChI is InChI=1S/C25H33Cl2N3O4S/c1-6-22(25(32)28-14-17(2)3)29(15-19-10-8-7-9-18(19)4)24(31)16-30(35(5,33)34)23-13-20(26)11-12-21(23)27/h7-13,17,22H,6,14-16H2,1-5H3,(H,28,32)/t22-/m0/s1. The van der Waals surface area contributed by atoms with E-state index in [9.17, 15) is 18.0 Å². The third-order valence-electron chi connectivity index (χ3n) is 5.53. The predicted molar refractivity (Wildman–Crippen MR) is 142 cm³/mol. The minimum Gasteiger partial charge on any atom is -0.354 e. The van der Waals surface area contributed by atoms with Crippen molar-refractivity contribution in [2.24, 2.45) is 5.92 Å². The summed E-state index contributed by atoms with van der Waals surface area (Å²) in [6.07, 6.45) is 1.36. The van der Waals surface area contributed by atoms with E-state index in [0.717, 1.165) is 21.7 Å². The van der Waals surface area contributed by atoms with Crippen molar-refractivity contribution in [3.8, 4) is 0 Å². The van der Waals surface area contributed by atoms with Crippen LogP contribution in [0.2, 0.25) is 10.0 Å². The molecule has 0 radical (unpaired) electrons. The molecule has 1 atom stereocenters. The number of hydrogen-bond acceptors (Lipinski definition) is 4. The number of rotatable bonds is 11. The lowest BCUT2D eigenvalue weighted by Gasteiger charge is -2.33. The van der Waals surface area contributed by atoms with Gasteiger partial charge in [0.1, 0.15) is 12.6 Å². The number of hydrogen-bond donors (Lipinski definition) is 1. The van der Waals surface area contributed by atoms with E-state index < -0.39 is 28.5 Å². The van der Waals surface area contributed by atoms with Crippen molar-refractivity contribution in [2.45, 2.75) is 46.7 Å². The third-order valence-corrected chi connectivity index (χ3v) is 7.21. The highest BCUT2D eigenvalue weighted by Crippen LogP contribution is 2.31. The number of amides is 2. The molecule has 35 heavy (non-hydrogen) atoms. The van der Waals surface area contributed by atoms with E-state index in [1.807, 2.05) is 52.0 Å². The topological polar surface area (TPSA) is 86.8 Å². The normalized spacial score (nSPS) is 12.3. The van der Waals surface area contributed by atoms with E-state index in [1.54, 1.807) is 0 Å². The van der Waals surface area contributed by atoms with Crippen LogP contribution >= 0.6 is 23.2 Å². The molecule has 0 aliphatic heterocycles. The summed E-state index contributed by atoms with van der Waals surface area (Å²) < 4.78 is 26.3. The van der Waals surface area contributed by atoms with Gasteiger partial charge in [0.15, 0.2) is 0 Å². The zero-order valence-electron chi connectivity index (χ0n) is 20.7. The largest absolute Gasteiger partial charge is 0.354 e. The van der Waals surface area contributed by atoms with E-state index in [0.29, 0.717) is 13.0 Å². The minimum absolute atomic E-state index is 0.100. The summed E-state index contributed by atoms with van der Waals surface area (Å²) in [5, 5.41) is 3.32. The first-order chi connectivity index (χ1) is 16.3. The molecule has 2 rings (SSSR count). The van der Waals surface area contributed by atoms with Gasteiger partial charge in [-0.3, -0.25) is 13.9 Å². The Morgan fingerprint density at radius 1 is 1.09 bits per heavy atom. The third kappa shape index (κ3) is 8.12. The summed E-state index contributed by atoms with van der Waals surface area (Å²) in [5.74, 6) is -0.571. The van der Waals surface area contributed by atoms with Crippen LogP contribution in [0.3, 0.4) is 0 Å². The smallest absolute Gasteiger partial charge is 0.244 e. The Kier molecular flexibility index (Phi) is 10.4. The van der Waals surface area contributed by atoms with Crippen LogP contribution in [0.5, 0.6) is 0 Å². The maximum atomic E-state index is 13.7. The van der Waals surface area contributed by atoms with Gasteiger partial charge in [-0.25, -0.2) is 8.42 Å². The highest BCUT2D eigenvalue weighted by molar-refractivity contribution is 7.92. The molecule has 192 valence electrons. The van der Waals surface area contributed by atoms with Gasteiger partial charge in [-0.05, 0) is 48.6 Å². The summed E-state index contributed by atoms with van der Waals surface area (Å²) in [6, 6.07) is 11.2. The molecule has 0 heterocycles. The van der Waals surface area contributed by atoms with Gasteiger partial charge in [-0.2, -0.15) is 0 Å². The monoisotopic (exact) mass is 541 g/mol. The number of halogens is 2. The van der Waals surface area contributed by atoms with Crippen LogP contribution in [-0.2, 0) is 26.2 Å². The van der Waals surface area contributed by atoms with Crippen molar-refractivity contribution >= 4 is 50.7 Å². The average Bonchev–Trinajstić information content (AvgIpc) is 2.78. The number of nitrogens with one attached hydrogen (secondary N) is 1. The summed E-state index contributed by atoms with van der Waals surface area (Å²) >= 11 is 12.3. The number of benzene rings is 2. The first-order valence-electron chi connectivity index (χ1n) is 11.4. The Morgan fingerprint density at radius 3 is 2.31 bits per heavy atom. The number of anilines is 1. The van der Waals surface area contributed by atoms with Gasteiger partial charge >= 0.3 is 0 Å². The second-order valence-electron chi connectivity index (χ2n) is 8.88. The van der Waals surface area contributed by atoms with Crippen LogP contribution in [0.4, 0.5) is 5.69 Å². The first-order valence-corrected chi connectivity index (χ1v) is 14.0. The summed E-state index contributed by atoms with van der Waals surface area (Å²) in [4.78, 5) is 28.2. The van der Waals surface area contributed by atoms with E-state index in [1.165, 1.54) is 23.1 Å². The van der Waals surface area contributed by atoms with Gasteiger partial charge < -0.3 is 10.2 Å². The molecule has 7 nitrogen and oxygen atoms in total. The Morgan fingerprint density at radius 2 is 1.74 bits per heavy atom. The number of carbonyl (C=O) groups is 2. The first kappa shape index (κ1) is 28.9. The summed E-state index contributed by atoms with van der Waals surface area (Å²) in [7, 11) is -3.90. The number of nitrogens with zero attached hydrogens (tertiary/aromatic N) is 2. The predicted octanol–water partition coefficient (Wildman–Crippen LogP) is 4.65. The average molecular weight is 543 g/mol. The highest BCUT2D eigenvalue weighted by atomic mass is 35.5. The fourth-order valence-corrected chi connectivity index (χ4v) is 4.87. The molecule has 1 N–H and O–H groups in total. The van der Waals surface area contributed by atoms with Crippen LogP contribution in [0.25, 0.3) is 0 Å². The SMILES string of the molecule is CC[C@@H](C(=O)NCC(C)C)N(Cc1ccccc1C)C(=O)CN(c1cc(Cl)ccc1Cl)S(C)(=O)=O. The van der Waals surface area contributed by atoms with Crippen LogP contribution < -0.4 is 9.62 Å². The van der Waals surface area contributed by atoms with Crippen molar-refractivity contribution in [1.82, 2.24) is 10.2 Å². The molecular weight excluding hydrogens is 509 g/mol. The lowest BCUT2D eigenvalue weighted by Crippen LogP contribution is -2.52. The van der Waals surface area contributed by atoms with Gasteiger partial charge in [0.05, 0.1) is 17.0 Å². The Balaban J connectivity index is 2.48. The fraction of sp³-hybridized carbons (Fsp3) is 0.440. The molecule has 0 saturated heterocycles. The maximum absolute atomic E-state index is 13.7. The van der Waals surface area contributed by atoms with Crippen LogP contribution in [0, 0.1) is 12.8 Å². The highest BCUT2D eigenvalue weighted by Gasteiger charge is 2.32. The van der Waals surface area contributed by atoms with Crippen molar-refractivity contribution < 1.29 is 18.0 Å². The molecule has 10 heteroatoms. The molecule has 0 aromatic heterocycles. The second kappa shape index (κ2) is 12.6. The van der Waals surface area contributed by atoms with Crippen molar-refractivity contribution in [3.05, 3.63) is 63.6 Å². The van der Waals surface area contributed by atoms with Gasteiger partial charge in [0.25, 0.3) is 0 Å². The lowest BCUT2D eigenvalue weighted by atomic mass is 10.1. The Hall–Kier alpha value is -2.29. The van der Waals surface area contributed by atoms with Gasteiger partial charge in [0, 0.05) is 18.1 Å². The van der Waals surface area contributed by atoms with E-state index >= 15 is 0 Å². The Labute approximate surface area is 218 Å². The van der Waals surface area contributed by atoms with E-state index in [2.05, 4.69) is 5.32 Å². The number of sulfonamides is 1. The van der Waals surface area contributed by atoms with Gasteiger partial charge in [-0.15, -0.1) is 0 Å². The molecule has 0 aliphatic carbocycles. The molecule has 0 saturated carbocycles. The molecular formula is C25H33Cl2N3O4S. The molecule has 0 unspecified atom stereocenters. The molecule has 2 aromatic rings. The quantitative estimate of drug-likeness (QED) is 0.448. The molecule has 0 fully saturated rings. The fourth-order valence-electron chi connectivity index (χ4n) is 3.58. The Bertz CT molecular complexity index is 1160. The zero-order valence-corrected chi connectivity index (χ0v) is 23.0. The maximum Gasteiger partial charge on any atom is 0.244 e. The van der Waals surface area contributed by atoms with E-state index in [4.69, 9.17) is 23.2 Å². The van der Waals surface area contributed by atoms with E-state index in [-0.39, 0.29) is 34.1 Å². The lowest BCUT2D eigenvalue weighted by molar-refractivity contribution is -0.140. The molecule has 0 bridgehead atoms. The number of carbonyl (C=O) groups excluding carboxylic acids is 2. The molecule has 2 aromatic carbocycles. The number of aryl methyl sites for hydroxylation is 1. The summed E-state index contributed by atoms with van der Waals surface area (Å²) in [6.45, 7) is 7.80. The van der Waals surface area contributed by atoms with Gasteiger partial charge in [-0.1, -0.05) is 68.2 Å². The van der Waals surface area contributed by atoms with Crippen LogP contribution in [0.1, 0.15) is 38.3 Å². The zero-order chi connectivity index (χ0) is 26.3. The van der Waals surface area contributed by atoms with Crippen molar-refractivity contribution in [2.75, 3.05) is 23.7 Å². The van der Waals surface area contributed by atoms with Crippen molar-refractivity contribution in [1.29, 1.82) is 0 Å². The van der Waals surface area contributed by atoms with Gasteiger partial charge in [0.2, 0.25) is 21.8 Å². The molecule has 2 amide bonds. The van der Waals surface area contributed by atoms with Crippen LogP contribution in [0.15, 0.2) is 42.5 Å². The molecule has 0 aliphatic rings.